The molecule has 2 aromatic carbocycles. The van der Waals surface area contributed by atoms with Crippen LogP contribution in [0.4, 0.5) is 18.9 Å². The van der Waals surface area contributed by atoms with Gasteiger partial charge in [0, 0.05) is 12.1 Å². The van der Waals surface area contributed by atoms with Crippen LogP contribution in [0, 0.1) is 0 Å². The minimum Gasteiger partial charge on any atom is -0.493 e. The van der Waals surface area contributed by atoms with Crippen molar-refractivity contribution in [2.45, 2.75) is 19.2 Å². The summed E-state index contributed by atoms with van der Waals surface area (Å²) in [5, 5.41) is 2.62. The zero-order chi connectivity index (χ0) is 19.2. The molecule has 0 saturated heterocycles. The number of amides is 1. The number of benzene rings is 2. The molecule has 5 nitrogen and oxygen atoms in total. The molecule has 8 heteroatoms. The first-order valence-corrected chi connectivity index (χ1v) is 7.68. The topological polar surface area (TPSA) is 56.8 Å². The van der Waals surface area contributed by atoms with Crippen LogP contribution in [0.3, 0.4) is 0 Å². The third kappa shape index (κ3) is 5.58. The van der Waals surface area contributed by atoms with Crippen molar-refractivity contribution in [1.29, 1.82) is 0 Å². The molecule has 0 unspecified atom stereocenters. The summed E-state index contributed by atoms with van der Waals surface area (Å²) < 4.78 is 50.6. The molecule has 2 rings (SSSR count). The minimum atomic E-state index is -4.75. The Labute approximate surface area is 148 Å². The molecule has 0 aliphatic heterocycles. The third-order valence-electron chi connectivity index (χ3n) is 3.48. The SMILES string of the molecule is COc1cccc(CCC(=O)Nc2ccc(OC(F)(F)F)cc2)c1OC. The van der Waals surface area contributed by atoms with E-state index >= 15 is 0 Å². The molecule has 0 aliphatic carbocycles. The van der Waals surface area contributed by atoms with Crippen LogP contribution in [-0.4, -0.2) is 26.5 Å². The van der Waals surface area contributed by atoms with Gasteiger partial charge in [-0.25, -0.2) is 0 Å². The number of carbonyl (C=O) groups is 1. The summed E-state index contributed by atoms with van der Waals surface area (Å²) in [4.78, 5) is 12.1. The summed E-state index contributed by atoms with van der Waals surface area (Å²) in [5.41, 5.74) is 1.19. The summed E-state index contributed by atoms with van der Waals surface area (Å²) in [6, 6.07) is 10.3. The average Bonchev–Trinajstić information content (AvgIpc) is 2.60. The Morgan fingerprint density at radius 3 is 2.31 bits per heavy atom. The van der Waals surface area contributed by atoms with E-state index in [1.165, 1.54) is 26.4 Å². The Kier molecular flexibility index (Phi) is 6.32. The highest BCUT2D eigenvalue weighted by Gasteiger charge is 2.30. The van der Waals surface area contributed by atoms with E-state index in [4.69, 9.17) is 9.47 Å². The van der Waals surface area contributed by atoms with Crippen molar-refractivity contribution < 1.29 is 32.2 Å². The van der Waals surface area contributed by atoms with E-state index in [0.717, 1.165) is 17.7 Å². The first-order valence-electron chi connectivity index (χ1n) is 7.68. The van der Waals surface area contributed by atoms with Gasteiger partial charge in [0.1, 0.15) is 5.75 Å². The predicted molar refractivity (Wildman–Crippen MR) is 89.6 cm³/mol. The van der Waals surface area contributed by atoms with Gasteiger partial charge >= 0.3 is 6.36 Å². The van der Waals surface area contributed by atoms with Crippen molar-refractivity contribution in [3.63, 3.8) is 0 Å². The second kappa shape index (κ2) is 8.46. The number of ether oxygens (including phenoxy) is 3. The number of methoxy groups -OCH3 is 2. The van der Waals surface area contributed by atoms with Crippen LogP contribution in [0.2, 0.25) is 0 Å². The number of anilines is 1. The number of hydrogen-bond acceptors (Lipinski definition) is 4. The summed E-state index contributed by atoms with van der Waals surface area (Å²) in [6.45, 7) is 0. The van der Waals surface area contributed by atoms with Crippen LogP contribution in [0.15, 0.2) is 42.5 Å². The number of rotatable bonds is 7. The van der Waals surface area contributed by atoms with Gasteiger partial charge in [-0.2, -0.15) is 0 Å². The average molecular weight is 369 g/mol. The lowest BCUT2D eigenvalue weighted by atomic mass is 10.1. The summed E-state index contributed by atoms with van der Waals surface area (Å²) in [5.74, 6) is 0.512. The quantitative estimate of drug-likeness (QED) is 0.796. The maximum Gasteiger partial charge on any atom is 0.573 e. The van der Waals surface area contributed by atoms with Crippen molar-refractivity contribution in [3.8, 4) is 17.2 Å². The molecular formula is C18H18F3NO4. The van der Waals surface area contributed by atoms with Gasteiger partial charge in [0.2, 0.25) is 5.91 Å². The van der Waals surface area contributed by atoms with Crippen LogP contribution < -0.4 is 19.5 Å². The molecule has 2 aromatic rings. The zero-order valence-electron chi connectivity index (χ0n) is 14.2. The highest BCUT2D eigenvalue weighted by atomic mass is 19.4. The number of carbonyl (C=O) groups excluding carboxylic acids is 1. The van der Waals surface area contributed by atoms with Gasteiger partial charge in [-0.15, -0.1) is 13.2 Å². The molecule has 0 spiro atoms. The lowest BCUT2D eigenvalue weighted by Gasteiger charge is -2.12. The van der Waals surface area contributed by atoms with Crippen LogP contribution in [0.5, 0.6) is 17.2 Å². The van der Waals surface area contributed by atoms with Gasteiger partial charge in [-0.1, -0.05) is 12.1 Å². The molecule has 1 N–H and O–H groups in total. The fourth-order valence-corrected chi connectivity index (χ4v) is 2.36. The van der Waals surface area contributed by atoms with E-state index < -0.39 is 6.36 Å². The molecule has 0 heterocycles. The summed E-state index contributed by atoms with van der Waals surface area (Å²) in [7, 11) is 3.05. The zero-order valence-corrected chi connectivity index (χ0v) is 14.2. The fraction of sp³-hybridized carbons (Fsp3) is 0.278. The van der Waals surface area contributed by atoms with E-state index in [9.17, 15) is 18.0 Å². The Hall–Kier alpha value is -2.90. The van der Waals surface area contributed by atoms with Gasteiger partial charge in [-0.05, 0) is 42.3 Å². The maximum atomic E-state index is 12.1. The number of aryl methyl sites for hydroxylation is 1. The number of alkyl halides is 3. The first kappa shape index (κ1) is 19.4. The highest BCUT2D eigenvalue weighted by Crippen LogP contribution is 2.31. The van der Waals surface area contributed by atoms with Crippen molar-refractivity contribution in [2.24, 2.45) is 0 Å². The summed E-state index contributed by atoms with van der Waals surface area (Å²) in [6.07, 6.45) is -4.16. The lowest BCUT2D eigenvalue weighted by molar-refractivity contribution is -0.274. The monoisotopic (exact) mass is 369 g/mol. The van der Waals surface area contributed by atoms with Crippen LogP contribution in [0.25, 0.3) is 0 Å². The number of hydrogen-bond donors (Lipinski definition) is 1. The van der Waals surface area contributed by atoms with Gasteiger partial charge in [0.05, 0.1) is 14.2 Å². The van der Waals surface area contributed by atoms with Crippen LogP contribution in [0.1, 0.15) is 12.0 Å². The maximum absolute atomic E-state index is 12.1. The molecule has 0 bridgehead atoms. The molecule has 0 atom stereocenters. The molecule has 1 amide bonds. The lowest BCUT2D eigenvalue weighted by Crippen LogP contribution is -2.17. The van der Waals surface area contributed by atoms with Gasteiger partial charge in [-0.3, -0.25) is 4.79 Å². The summed E-state index contributed by atoms with van der Waals surface area (Å²) >= 11 is 0. The molecule has 140 valence electrons. The van der Waals surface area contributed by atoms with E-state index in [-0.39, 0.29) is 18.1 Å². The van der Waals surface area contributed by atoms with Gasteiger partial charge in [0.25, 0.3) is 0 Å². The Morgan fingerprint density at radius 2 is 1.73 bits per heavy atom. The van der Waals surface area contributed by atoms with Crippen molar-refractivity contribution in [3.05, 3.63) is 48.0 Å². The molecule has 0 saturated carbocycles. The van der Waals surface area contributed by atoms with Crippen molar-refractivity contribution in [2.75, 3.05) is 19.5 Å². The normalized spacial score (nSPS) is 11.0. The van der Waals surface area contributed by atoms with Crippen LogP contribution >= 0.6 is 0 Å². The fourth-order valence-electron chi connectivity index (χ4n) is 2.36. The largest absolute Gasteiger partial charge is 0.573 e. The Balaban J connectivity index is 1.93. The van der Waals surface area contributed by atoms with E-state index in [1.807, 2.05) is 6.07 Å². The number of halogens is 3. The van der Waals surface area contributed by atoms with Crippen LogP contribution in [-0.2, 0) is 11.2 Å². The molecule has 26 heavy (non-hydrogen) atoms. The minimum absolute atomic E-state index is 0.171. The standard InChI is InChI=1S/C18H18F3NO4/c1-24-15-5-3-4-12(17(15)25-2)6-11-16(23)22-13-7-9-14(10-8-13)26-18(19,20)21/h3-5,7-10H,6,11H2,1-2H3,(H,22,23). The molecule has 0 aromatic heterocycles. The second-order valence-corrected chi connectivity index (χ2v) is 5.27. The van der Waals surface area contributed by atoms with Crippen molar-refractivity contribution in [1.82, 2.24) is 0 Å². The molecular weight excluding hydrogens is 351 g/mol. The molecule has 0 fully saturated rings. The van der Waals surface area contributed by atoms with E-state index in [2.05, 4.69) is 10.1 Å². The Bertz CT molecular complexity index is 745. The van der Waals surface area contributed by atoms with E-state index in [1.54, 1.807) is 12.1 Å². The van der Waals surface area contributed by atoms with Gasteiger partial charge < -0.3 is 19.5 Å². The predicted octanol–water partition coefficient (Wildman–Crippen LogP) is 4.17. The van der Waals surface area contributed by atoms with E-state index in [0.29, 0.717) is 23.6 Å². The van der Waals surface area contributed by atoms with Gasteiger partial charge in [0.15, 0.2) is 11.5 Å². The number of nitrogens with one attached hydrogen (secondary N) is 1. The second-order valence-electron chi connectivity index (χ2n) is 5.27. The van der Waals surface area contributed by atoms with Crippen molar-refractivity contribution >= 4 is 11.6 Å². The highest BCUT2D eigenvalue weighted by molar-refractivity contribution is 5.90. The smallest absolute Gasteiger partial charge is 0.493 e. The Morgan fingerprint density at radius 1 is 1.04 bits per heavy atom. The number of para-hydroxylation sites is 1. The third-order valence-corrected chi connectivity index (χ3v) is 3.48. The molecule has 0 aliphatic rings. The molecule has 0 radical (unpaired) electrons. The first-order chi connectivity index (χ1) is 12.3.